The third kappa shape index (κ3) is 18.2. The lowest BCUT2D eigenvalue weighted by molar-refractivity contribution is -0.658. The molecule has 0 atom stereocenters. The predicted molar refractivity (Wildman–Crippen MR) is 614 cm³/mol. The van der Waals surface area contributed by atoms with E-state index in [0.29, 0.717) is 17.4 Å². The van der Waals surface area contributed by atoms with Crippen LogP contribution in [0.4, 0.5) is 85.8 Å². The molecule has 15 aromatic carbocycles. The van der Waals surface area contributed by atoms with Crippen molar-refractivity contribution in [2.75, 3.05) is 45.5 Å². The Bertz CT molecular complexity index is 7870. The molecule has 4 aliphatic rings. The van der Waals surface area contributed by atoms with Gasteiger partial charge in [-0.25, -0.2) is 18.3 Å². The summed E-state index contributed by atoms with van der Waals surface area (Å²) in [6, 6.07) is 149. The highest BCUT2D eigenvalue weighted by molar-refractivity contribution is 6.88. The van der Waals surface area contributed by atoms with E-state index < -0.39 is 6.85 Å². The second-order valence-electron chi connectivity index (χ2n) is 39.3. The third-order valence-electron chi connectivity index (χ3n) is 29.2. The average Bonchev–Trinajstić information content (AvgIpc) is 1.56. The second-order valence-corrected chi connectivity index (χ2v) is 39.3. The molecule has 0 amide bonds. The fourth-order valence-electron chi connectivity index (χ4n) is 22.5. The Labute approximate surface area is 864 Å². The van der Waals surface area contributed by atoms with Crippen molar-refractivity contribution >= 4 is 136 Å². The van der Waals surface area contributed by atoms with Crippen molar-refractivity contribution < 1.29 is 22.4 Å². The topological polar surface area (TPSA) is 41.4 Å². The van der Waals surface area contributed by atoms with Gasteiger partial charge in [0.2, 0.25) is 0 Å². The monoisotopic (exact) mass is 1890 g/mol. The van der Waals surface area contributed by atoms with Crippen molar-refractivity contribution in [3.05, 3.63) is 499 Å². The minimum absolute atomic E-state index is 0.00176. The fourth-order valence-corrected chi connectivity index (χ4v) is 22.5. The van der Waals surface area contributed by atoms with E-state index in [1.165, 1.54) is 140 Å². The number of nitrogens with zero attached hydrogens (tertiary/aromatic N) is 12. The van der Waals surface area contributed by atoms with E-state index in [4.69, 9.17) is 4.11 Å². The lowest BCUT2D eigenvalue weighted by Gasteiger charge is -2.30. The van der Waals surface area contributed by atoms with Crippen molar-refractivity contribution in [3.8, 4) is 44.5 Å². The van der Waals surface area contributed by atoms with Gasteiger partial charge in [-0.3, -0.25) is 19.2 Å². The Kier molecular flexibility index (Phi) is 26.5. The Balaban J connectivity index is 0.000000120. The lowest BCUT2D eigenvalue weighted by Crippen LogP contribution is -2.57. The molecule has 8 heterocycles. The third-order valence-corrected chi connectivity index (χ3v) is 29.2. The number of benzene rings is 15. The molecule has 16 heteroatoms. The van der Waals surface area contributed by atoms with Gasteiger partial charge < -0.3 is 19.2 Å². The van der Waals surface area contributed by atoms with Crippen LogP contribution in [-0.2, 0) is 28.2 Å². The van der Waals surface area contributed by atoms with Gasteiger partial charge in [0.05, 0.1) is 58.7 Å². The van der Waals surface area contributed by atoms with Gasteiger partial charge in [0.15, 0.2) is 0 Å². The largest absolute Gasteiger partial charge is 0.543 e. The number of fused-ring (bicyclic) bond motifs is 4. The summed E-state index contributed by atoms with van der Waals surface area (Å²) < 4.78 is 33.7. The predicted octanol–water partition coefficient (Wildman–Crippen LogP) is 26.5. The maximum atomic E-state index is 8.28. The molecule has 0 spiro atoms. The molecule has 0 N–H and O–H groups in total. The molecule has 145 heavy (non-hydrogen) atoms. The Morgan fingerprint density at radius 1 is 0.234 bits per heavy atom. The van der Waals surface area contributed by atoms with Crippen LogP contribution in [0.2, 0.25) is 0 Å². The Morgan fingerprint density at radius 2 is 0.517 bits per heavy atom. The van der Waals surface area contributed by atoms with E-state index in [9.17, 15) is 0 Å². The lowest BCUT2D eigenvalue weighted by atomic mass is 9.58. The molecule has 0 bridgehead atoms. The second kappa shape index (κ2) is 41.6. The SMILES string of the molecule is Cc1ccccc1N1B(c2c(-c3ccccc3)cccc2-c2ccccc2)N(c2ccccc2)c2ccc[n+](C)c21.Cc1ccccc1N1B(c2c(C(C)C)cccc2C(C)C)N(c2ccccc2)c2ccc[n+](C)c21.Cc1ccccc1N1B(c2c(C)cccc2C)N(c2ccccc2)c2ccc[n+](C)c21.[2H]C([2H])([2H])c1cc(N2B(c3c(-c4ccccc4)cccc3-c3ccccc3)N(C)c3cccc(C)c32)[n+](C)cc1C. The van der Waals surface area contributed by atoms with Crippen LogP contribution in [0.3, 0.4) is 0 Å². The average molecular weight is 1890 g/mol. The van der Waals surface area contributed by atoms with E-state index in [-0.39, 0.29) is 27.9 Å². The van der Waals surface area contributed by atoms with E-state index in [1.54, 1.807) is 0 Å². The maximum Gasteiger partial charge on any atom is 0.543 e. The van der Waals surface area contributed by atoms with Crippen LogP contribution in [0.15, 0.2) is 443 Å². The van der Waals surface area contributed by atoms with E-state index in [1.807, 2.05) is 38.4 Å². The number of pyridine rings is 4. The number of hydrogen-bond donors (Lipinski definition) is 0. The first-order chi connectivity index (χ1) is 71.9. The van der Waals surface area contributed by atoms with E-state index in [0.717, 1.165) is 62.1 Å². The number of aromatic nitrogens is 4. The number of hydrogen-bond acceptors (Lipinski definition) is 8. The zero-order valence-electron chi connectivity index (χ0n) is 89.0. The molecular formula is C129H126B4N12+4. The molecule has 19 aromatic rings. The van der Waals surface area contributed by atoms with Gasteiger partial charge in [-0.1, -0.05) is 343 Å². The zero-order chi connectivity index (χ0) is 103. The first-order valence-electron chi connectivity index (χ1n) is 52.2. The van der Waals surface area contributed by atoms with Crippen LogP contribution in [0.25, 0.3) is 44.5 Å². The number of rotatable bonds is 17. The van der Waals surface area contributed by atoms with Crippen molar-refractivity contribution in [2.45, 2.75) is 94.8 Å². The van der Waals surface area contributed by atoms with Crippen molar-refractivity contribution in [1.82, 2.24) is 0 Å². The van der Waals surface area contributed by atoms with Crippen LogP contribution in [-0.4, -0.2) is 35.0 Å². The smallest absolute Gasteiger partial charge is 0.369 e. The highest BCUT2D eigenvalue weighted by Gasteiger charge is 2.59. The summed E-state index contributed by atoms with van der Waals surface area (Å²) in [7, 11) is 10.6. The number of aryl methyl sites for hydroxylation is 12. The first-order valence-corrected chi connectivity index (χ1v) is 50.7. The fraction of sp³-hybridized carbons (Fsp3) is 0.147. The minimum atomic E-state index is -2.22. The molecule has 0 fully saturated rings. The van der Waals surface area contributed by atoms with Crippen LogP contribution in [0, 0.1) is 55.3 Å². The van der Waals surface area contributed by atoms with Crippen molar-refractivity contribution in [2.24, 2.45) is 28.2 Å². The van der Waals surface area contributed by atoms with Gasteiger partial charge >= 0.3 is 27.9 Å². The standard InChI is InChI=1S/C37H31BN3.C34H33BN3.C31H35BN3.C27H27BN3/c1-28-16-12-13-25-34(28)41-37-35(26-15-27-39(37)2)40(31-21-10-5-11-22-31)38(41)36-32(29-17-6-3-7-18-29)23-14-24-33(36)30-19-8-4-9-20-30;1-24-14-12-21-31-34(24)38(32-22-25(2)26(3)23-36(32)4)35(37(31)5)33-29(27-15-8-6-9-16-27)19-13-20-30(33)28-17-10-7-11-18-28;1-22(2)26-17-12-18-27(23(3)4)30(26)32-34(25-15-8-7-9-16-25)29-20-13-21-33(6)31(29)35(32)28-19-11-10-14-24(28)5;1-20-12-8-9-17-24(20)31-27-25(18-11-19-29(27)4)30(23-15-6-5-7-16-23)28(31)26-21(2)13-10-14-22(26)3/h3-27H,1-2H3;6-23H,1-5H3;7-23H,1-6H3;5-19H,1-4H3/q4*+1/i;2D3;;. The molecule has 4 aromatic heterocycles. The summed E-state index contributed by atoms with van der Waals surface area (Å²) in [5, 5.41) is 0. The molecule has 12 nitrogen and oxygen atoms in total. The number of anilines is 15. The normalized spacial score (nSPS) is 13.2. The van der Waals surface area contributed by atoms with Gasteiger partial charge in [-0.05, 0) is 271 Å². The van der Waals surface area contributed by atoms with Gasteiger partial charge in [0, 0.05) is 49.1 Å². The maximum absolute atomic E-state index is 8.28. The molecule has 0 radical (unpaired) electrons. The van der Waals surface area contributed by atoms with E-state index >= 15 is 0 Å². The molecule has 0 aliphatic carbocycles. The summed E-state index contributed by atoms with van der Waals surface area (Å²) in [6.45, 7) is 21.8. The quantitative estimate of drug-likeness (QED) is 0.0660. The van der Waals surface area contributed by atoms with Gasteiger partial charge in [0.25, 0.3) is 23.3 Å². The summed E-state index contributed by atoms with van der Waals surface area (Å²) in [5.74, 6) is 5.23. The molecule has 710 valence electrons. The first kappa shape index (κ1) is 92.3. The summed E-state index contributed by atoms with van der Waals surface area (Å²) in [5.41, 5.74) is 39.1. The van der Waals surface area contributed by atoms with Crippen LogP contribution in [0.5, 0.6) is 0 Å². The molecule has 23 rings (SSSR count). The summed E-state index contributed by atoms with van der Waals surface area (Å²) in [4.78, 5) is 19.8. The zero-order valence-corrected chi connectivity index (χ0v) is 86.0. The van der Waals surface area contributed by atoms with Crippen LogP contribution in [0.1, 0.15) is 99.3 Å². The highest BCUT2D eigenvalue weighted by Crippen LogP contribution is 2.52. The van der Waals surface area contributed by atoms with Gasteiger partial charge in [-0.15, -0.1) is 0 Å². The van der Waals surface area contributed by atoms with E-state index in [2.05, 4.69) is 573 Å². The Morgan fingerprint density at radius 3 is 0.869 bits per heavy atom. The summed E-state index contributed by atoms with van der Waals surface area (Å²) in [6.07, 6.45) is 8.39. The van der Waals surface area contributed by atoms with Crippen molar-refractivity contribution in [1.29, 1.82) is 0 Å². The summed E-state index contributed by atoms with van der Waals surface area (Å²) >= 11 is 0. The highest BCUT2D eigenvalue weighted by atomic mass is 15.4. The number of para-hydroxylation sites is 7. The minimum Gasteiger partial charge on any atom is -0.369 e. The van der Waals surface area contributed by atoms with Gasteiger partial charge in [0.1, 0.15) is 39.8 Å². The molecule has 0 saturated carbocycles. The van der Waals surface area contributed by atoms with Crippen molar-refractivity contribution in [3.63, 3.8) is 0 Å². The van der Waals surface area contributed by atoms with Crippen LogP contribution < -0.4 is 78.6 Å². The molecular weight excluding hydrogens is 1760 g/mol. The van der Waals surface area contributed by atoms with Gasteiger partial charge in [-0.2, -0.15) is 0 Å². The molecule has 0 saturated heterocycles. The van der Waals surface area contributed by atoms with Crippen LogP contribution >= 0.6 is 0 Å². The Hall–Kier alpha value is -16.4. The molecule has 0 unspecified atom stereocenters. The molecule has 4 aliphatic heterocycles.